The molecule has 3 heteroatoms. The van der Waals surface area contributed by atoms with E-state index in [9.17, 15) is 4.79 Å². The van der Waals surface area contributed by atoms with Crippen LogP contribution in [0.3, 0.4) is 0 Å². The Hall–Kier alpha value is -2.29. The van der Waals surface area contributed by atoms with Crippen molar-refractivity contribution < 1.29 is 9.53 Å². The van der Waals surface area contributed by atoms with E-state index in [1.54, 1.807) is 0 Å². The standard InChI is InChI=1S/C20H25NO2/c1-4-15-7-11-17(12-8-15)21-20(22)19(6-3)23-18-13-9-16(5-2)10-14-18/h7-14,19H,4-6H2,1-3H3,(H,21,22)/t19-/m1/s1. The molecule has 0 aromatic heterocycles. The number of amides is 1. The number of carbonyl (C=O) groups is 1. The molecule has 0 aliphatic heterocycles. The average molecular weight is 311 g/mol. The molecule has 0 saturated heterocycles. The molecule has 0 aliphatic carbocycles. The highest BCUT2D eigenvalue weighted by Crippen LogP contribution is 2.17. The van der Waals surface area contributed by atoms with Crippen molar-refractivity contribution in [1.82, 2.24) is 0 Å². The van der Waals surface area contributed by atoms with Crippen molar-refractivity contribution in [2.75, 3.05) is 5.32 Å². The topological polar surface area (TPSA) is 38.3 Å². The zero-order valence-electron chi connectivity index (χ0n) is 14.1. The van der Waals surface area contributed by atoms with Crippen molar-refractivity contribution in [2.24, 2.45) is 0 Å². The molecule has 1 atom stereocenters. The highest BCUT2D eigenvalue weighted by Gasteiger charge is 2.18. The summed E-state index contributed by atoms with van der Waals surface area (Å²) < 4.78 is 5.83. The van der Waals surface area contributed by atoms with Crippen molar-refractivity contribution in [2.45, 2.75) is 46.1 Å². The monoisotopic (exact) mass is 311 g/mol. The summed E-state index contributed by atoms with van der Waals surface area (Å²) in [4.78, 5) is 12.4. The predicted octanol–water partition coefficient (Wildman–Crippen LogP) is 4.61. The Morgan fingerprint density at radius 1 is 0.913 bits per heavy atom. The van der Waals surface area contributed by atoms with Gasteiger partial charge in [0.15, 0.2) is 6.10 Å². The lowest BCUT2D eigenvalue weighted by atomic mass is 10.1. The number of hydrogen-bond donors (Lipinski definition) is 1. The van der Waals surface area contributed by atoms with E-state index in [0.29, 0.717) is 6.42 Å². The van der Waals surface area contributed by atoms with E-state index in [1.807, 2.05) is 55.5 Å². The minimum absolute atomic E-state index is 0.115. The number of rotatable bonds is 7. The van der Waals surface area contributed by atoms with Crippen LogP contribution < -0.4 is 10.1 Å². The summed E-state index contributed by atoms with van der Waals surface area (Å²) in [5.41, 5.74) is 3.31. The molecule has 0 heterocycles. The third-order valence-electron chi connectivity index (χ3n) is 3.90. The first-order valence-corrected chi connectivity index (χ1v) is 8.31. The molecule has 0 fully saturated rings. The molecule has 0 bridgehead atoms. The maximum absolute atomic E-state index is 12.4. The number of benzene rings is 2. The first-order valence-electron chi connectivity index (χ1n) is 8.31. The number of anilines is 1. The number of carbonyl (C=O) groups excluding carboxylic acids is 1. The van der Waals surface area contributed by atoms with Crippen LogP contribution in [0.1, 0.15) is 38.3 Å². The van der Waals surface area contributed by atoms with Gasteiger partial charge in [-0.2, -0.15) is 0 Å². The highest BCUT2D eigenvalue weighted by molar-refractivity contribution is 5.94. The lowest BCUT2D eigenvalue weighted by Gasteiger charge is -2.17. The molecular formula is C20H25NO2. The Bertz CT molecular complexity index is 617. The van der Waals surface area contributed by atoms with E-state index in [4.69, 9.17) is 4.74 Å². The third-order valence-corrected chi connectivity index (χ3v) is 3.90. The Morgan fingerprint density at radius 2 is 1.43 bits per heavy atom. The number of nitrogens with one attached hydrogen (secondary N) is 1. The lowest BCUT2D eigenvalue weighted by molar-refractivity contribution is -0.122. The first kappa shape index (κ1) is 17.1. The van der Waals surface area contributed by atoms with Gasteiger partial charge in [-0.25, -0.2) is 0 Å². The summed E-state index contributed by atoms with van der Waals surface area (Å²) in [7, 11) is 0. The largest absolute Gasteiger partial charge is 0.481 e. The second-order valence-electron chi connectivity index (χ2n) is 5.55. The number of ether oxygens (including phenoxy) is 1. The van der Waals surface area contributed by atoms with Gasteiger partial charge in [-0.1, -0.05) is 45.0 Å². The van der Waals surface area contributed by atoms with Crippen molar-refractivity contribution in [3.63, 3.8) is 0 Å². The zero-order valence-corrected chi connectivity index (χ0v) is 14.1. The van der Waals surface area contributed by atoms with Crippen LogP contribution in [0.15, 0.2) is 48.5 Å². The van der Waals surface area contributed by atoms with E-state index < -0.39 is 6.10 Å². The second kappa shape index (κ2) is 8.37. The quantitative estimate of drug-likeness (QED) is 0.811. The molecule has 3 nitrogen and oxygen atoms in total. The van der Waals surface area contributed by atoms with Crippen LogP contribution in [0, 0.1) is 0 Å². The van der Waals surface area contributed by atoms with Crippen LogP contribution in [0.2, 0.25) is 0 Å². The van der Waals surface area contributed by atoms with E-state index in [2.05, 4.69) is 19.2 Å². The van der Waals surface area contributed by atoms with Gasteiger partial charge >= 0.3 is 0 Å². The van der Waals surface area contributed by atoms with Crippen molar-refractivity contribution in [1.29, 1.82) is 0 Å². The molecule has 1 N–H and O–H groups in total. The summed E-state index contributed by atoms with van der Waals surface area (Å²) >= 11 is 0. The Balaban J connectivity index is 1.99. The molecule has 2 aromatic carbocycles. The summed E-state index contributed by atoms with van der Waals surface area (Å²) in [6.07, 6.45) is 2.11. The average Bonchev–Trinajstić information content (AvgIpc) is 2.60. The van der Waals surface area contributed by atoms with E-state index in [1.165, 1.54) is 11.1 Å². The van der Waals surface area contributed by atoms with Crippen molar-refractivity contribution in [3.8, 4) is 5.75 Å². The van der Waals surface area contributed by atoms with Crippen LogP contribution in [-0.2, 0) is 17.6 Å². The molecule has 0 spiro atoms. The van der Waals surface area contributed by atoms with Gasteiger partial charge in [0.2, 0.25) is 0 Å². The van der Waals surface area contributed by atoms with Crippen LogP contribution in [0.25, 0.3) is 0 Å². The number of aryl methyl sites for hydroxylation is 2. The van der Waals surface area contributed by atoms with Crippen molar-refractivity contribution in [3.05, 3.63) is 59.7 Å². The zero-order chi connectivity index (χ0) is 16.7. The molecule has 0 saturated carbocycles. The van der Waals surface area contributed by atoms with Crippen molar-refractivity contribution >= 4 is 11.6 Å². The fourth-order valence-corrected chi connectivity index (χ4v) is 2.34. The van der Waals surface area contributed by atoms with Gasteiger partial charge in [-0.05, 0) is 54.7 Å². The molecule has 0 aliphatic rings. The fourth-order valence-electron chi connectivity index (χ4n) is 2.34. The molecular weight excluding hydrogens is 286 g/mol. The van der Waals surface area contributed by atoms with E-state index >= 15 is 0 Å². The van der Waals surface area contributed by atoms with E-state index in [-0.39, 0.29) is 5.91 Å². The maximum atomic E-state index is 12.4. The van der Waals surface area contributed by atoms with Gasteiger partial charge < -0.3 is 10.1 Å². The molecule has 122 valence electrons. The van der Waals surface area contributed by atoms with Crippen LogP contribution in [0.5, 0.6) is 5.75 Å². The predicted molar refractivity (Wildman–Crippen MR) is 95.0 cm³/mol. The molecule has 23 heavy (non-hydrogen) atoms. The van der Waals surface area contributed by atoms with Gasteiger partial charge in [-0.15, -0.1) is 0 Å². The molecule has 0 radical (unpaired) electrons. The lowest BCUT2D eigenvalue weighted by Crippen LogP contribution is -2.32. The summed E-state index contributed by atoms with van der Waals surface area (Å²) in [6, 6.07) is 15.8. The number of hydrogen-bond acceptors (Lipinski definition) is 2. The molecule has 2 aromatic rings. The minimum atomic E-state index is -0.492. The summed E-state index contributed by atoms with van der Waals surface area (Å²) in [6.45, 7) is 6.17. The normalized spacial score (nSPS) is 11.8. The Morgan fingerprint density at radius 3 is 1.91 bits per heavy atom. The fraction of sp³-hybridized carbons (Fsp3) is 0.350. The third kappa shape index (κ3) is 4.85. The van der Waals surface area contributed by atoms with Crippen LogP contribution in [0.4, 0.5) is 5.69 Å². The molecule has 2 rings (SSSR count). The Labute approximate surface area is 138 Å². The van der Waals surface area contributed by atoms with Gasteiger partial charge in [-0.3, -0.25) is 4.79 Å². The highest BCUT2D eigenvalue weighted by atomic mass is 16.5. The molecule has 0 unspecified atom stereocenters. The van der Waals surface area contributed by atoms with E-state index in [0.717, 1.165) is 24.3 Å². The first-order chi connectivity index (χ1) is 11.2. The Kier molecular flexibility index (Phi) is 6.21. The van der Waals surface area contributed by atoms with Gasteiger partial charge in [0.25, 0.3) is 5.91 Å². The smallest absolute Gasteiger partial charge is 0.265 e. The minimum Gasteiger partial charge on any atom is -0.481 e. The van der Waals surface area contributed by atoms with Crippen LogP contribution >= 0.6 is 0 Å². The van der Waals surface area contributed by atoms with Gasteiger partial charge in [0.1, 0.15) is 5.75 Å². The second-order valence-corrected chi connectivity index (χ2v) is 5.55. The molecule has 1 amide bonds. The maximum Gasteiger partial charge on any atom is 0.265 e. The van der Waals surface area contributed by atoms with Gasteiger partial charge in [0, 0.05) is 5.69 Å². The summed E-state index contributed by atoms with van der Waals surface area (Å²) in [5, 5.41) is 2.92. The van der Waals surface area contributed by atoms with Gasteiger partial charge in [0.05, 0.1) is 0 Å². The van der Waals surface area contributed by atoms with Crippen LogP contribution in [-0.4, -0.2) is 12.0 Å². The SMILES string of the molecule is CCc1ccc(NC(=O)[C@@H](CC)Oc2ccc(CC)cc2)cc1. The summed E-state index contributed by atoms with van der Waals surface area (Å²) in [5.74, 6) is 0.613.